The largest absolute Gasteiger partial charge is 0.459 e. The van der Waals surface area contributed by atoms with Gasteiger partial charge in [0.15, 0.2) is 5.82 Å². The standard InChI is InChI=1S/C19H23N3O5S/c1-11(2)26-19(25)14-5-7-15(8-6-14)20-17(23)10-28-13(4)18(24)21-16-9-12(3)27-22-16/h5-9,11,13H,10H2,1-4H3,(H,20,23)(H,21,22,24)/t13-/m0/s1. The number of rotatable bonds is 8. The van der Waals surface area contributed by atoms with Gasteiger partial charge in [-0.1, -0.05) is 5.16 Å². The first-order valence-electron chi connectivity index (χ1n) is 8.71. The van der Waals surface area contributed by atoms with Crippen LogP contribution in [0.15, 0.2) is 34.9 Å². The van der Waals surface area contributed by atoms with Gasteiger partial charge in [0.05, 0.1) is 22.7 Å². The number of aromatic nitrogens is 1. The second-order valence-electron chi connectivity index (χ2n) is 6.34. The molecule has 1 aromatic carbocycles. The Morgan fingerprint density at radius 1 is 1.14 bits per heavy atom. The molecule has 1 heterocycles. The molecule has 1 atom stereocenters. The molecular formula is C19H23N3O5S. The van der Waals surface area contributed by atoms with Crippen LogP contribution >= 0.6 is 11.8 Å². The zero-order chi connectivity index (χ0) is 20.7. The first kappa shape index (κ1) is 21.5. The van der Waals surface area contributed by atoms with Gasteiger partial charge in [-0.15, -0.1) is 11.8 Å². The molecule has 0 spiro atoms. The van der Waals surface area contributed by atoms with Gasteiger partial charge in [0, 0.05) is 11.8 Å². The van der Waals surface area contributed by atoms with Crippen LogP contribution in [0.1, 0.15) is 36.9 Å². The van der Waals surface area contributed by atoms with Crippen molar-refractivity contribution in [2.45, 2.75) is 39.0 Å². The molecule has 0 saturated heterocycles. The summed E-state index contributed by atoms with van der Waals surface area (Å²) in [6.45, 7) is 6.98. The van der Waals surface area contributed by atoms with Crippen molar-refractivity contribution in [3.05, 3.63) is 41.7 Å². The van der Waals surface area contributed by atoms with E-state index in [1.807, 2.05) is 0 Å². The van der Waals surface area contributed by atoms with Gasteiger partial charge in [0.25, 0.3) is 0 Å². The number of anilines is 2. The van der Waals surface area contributed by atoms with E-state index in [1.165, 1.54) is 11.8 Å². The first-order valence-corrected chi connectivity index (χ1v) is 9.76. The third-order valence-corrected chi connectivity index (χ3v) is 4.60. The molecule has 150 valence electrons. The summed E-state index contributed by atoms with van der Waals surface area (Å²) >= 11 is 1.20. The van der Waals surface area contributed by atoms with Crippen molar-refractivity contribution in [3.63, 3.8) is 0 Å². The molecule has 2 aromatic rings. The molecule has 2 amide bonds. The van der Waals surface area contributed by atoms with Gasteiger partial charge < -0.3 is 19.9 Å². The molecule has 8 nitrogen and oxygen atoms in total. The van der Waals surface area contributed by atoms with Gasteiger partial charge in [0.2, 0.25) is 11.8 Å². The molecule has 0 bridgehead atoms. The van der Waals surface area contributed by atoms with E-state index < -0.39 is 11.2 Å². The van der Waals surface area contributed by atoms with Crippen LogP contribution in [-0.2, 0) is 14.3 Å². The normalized spacial score (nSPS) is 11.8. The number of carbonyl (C=O) groups excluding carboxylic acids is 3. The van der Waals surface area contributed by atoms with Crippen LogP contribution in [0.4, 0.5) is 11.5 Å². The highest BCUT2D eigenvalue weighted by atomic mass is 32.2. The third-order valence-electron chi connectivity index (χ3n) is 3.46. The Morgan fingerprint density at radius 2 is 1.82 bits per heavy atom. The Bertz CT molecular complexity index is 832. The Morgan fingerprint density at radius 3 is 2.39 bits per heavy atom. The molecular weight excluding hydrogens is 382 g/mol. The first-order chi connectivity index (χ1) is 13.2. The van der Waals surface area contributed by atoms with Crippen LogP contribution < -0.4 is 10.6 Å². The van der Waals surface area contributed by atoms with Crippen LogP contribution in [0.5, 0.6) is 0 Å². The Hall–Kier alpha value is -2.81. The van der Waals surface area contributed by atoms with Crippen molar-refractivity contribution in [1.29, 1.82) is 0 Å². The fourth-order valence-electron chi connectivity index (χ4n) is 2.10. The fourth-order valence-corrected chi connectivity index (χ4v) is 2.78. The lowest BCUT2D eigenvalue weighted by Gasteiger charge is -2.11. The van der Waals surface area contributed by atoms with E-state index in [1.54, 1.807) is 58.0 Å². The zero-order valence-electron chi connectivity index (χ0n) is 16.1. The minimum Gasteiger partial charge on any atom is -0.459 e. The Kier molecular flexibility index (Phi) is 7.62. The molecule has 0 unspecified atom stereocenters. The number of amides is 2. The van der Waals surface area contributed by atoms with E-state index in [2.05, 4.69) is 15.8 Å². The summed E-state index contributed by atoms with van der Waals surface area (Å²) in [4.78, 5) is 36.0. The summed E-state index contributed by atoms with van der Waals surface area (Å²) in [5.74, 6) is 0.113. The Labute approximate surface area is 167 Å². The molecule has 0 aliphatic heterocycles. The molecule has 9 heteroatoms. The zero-order valence-corrected chi connectivity index (χ0v) is 17.0. The fraction of sp³-hybridized carbons (Fsp3) is 0.368. The minimum absolute atomic E-state index is 0.101. The van der Waals surface area contributed by atoms with E-state index in [-0.39, 0.29) is 23.7 Å². The van der Waals surface area contributed by atoms with E-state index in [0.717, 1.165) is 0 Å². The third kappa shape index (κ3) is 6.73. The summed E-state index contributed by atoms with van der Waals surface area (Å²) in [6.07, 6.45) is -0.198. The van der Waals surface area contributed by atoms with Crippen LogP contribution in [0.2, 0.25) is 0 Å². The van der Waals surface area contributed by atoms with Gasteiger partial charge in [-0.2, -0.15) is 0 Å². The number of esters is 1. The lowest BCUT2D eigenvalue weighted by Crippen LogP contribution is -2.25. The molecule has 0 fully saturated rings. The number of ether oxygens (including phenoxy) is 1. The van der Waals surface area contributed by atoms with Crippen LogP contribution in [0, 0.1) is 6.92 Å². The number of nitrogens with zero attached hydrogens (tertiary/aromatic N) is 1. The number of hydrogen-bond acceptors (Lipinski definition) is 7. The van der Waals surface area contributed by atoms with E-state index in [4.69, 9.17) is 9.26 Å². The van der Waals surface area contributed by atoms with E-state index in [9.17, 15) is 14.4 Å². The molecule has 2 rings (SSSR count). The van der Waals surface area contributed by atoms with Crippen molar-refractivity contribution in [2.75, 3.05) is 16.4 Å². The molecule has 28 heavy (non-hydrogen) atoms. The maximum Gasteiger partial charge on any atom is 0.338 e. The lowest BCUT2D eigenvalue weighted by molar-refractivity contribution is -0.115. The quantitative estimate of drug-likeness (QED) is 0.649. The van der Waals surface area contributed by atoms with Crippen molar-refractivity contribution in [1.82, 2.24) is 5.16 Å². The highest BCUT2D eigenvalue weighted by Crippen LogP contribution is 2.16. The molecule has 0 aliphatic rings. The number of benzene rings is 1. The SMILES string of the molecule is Cc1cc(NC(=O)[C@H](C)SCC(=O)Nc2ccc(C(=O)OC(C)C)cc2)no1. The Balaban J connectivity index is 1.78. The summed E-state index contributed by atoms with van der Waals surface area (Å²) in [5.41, 5.74) is 0.969. The summed E-state index contributed by atoms with van der Waals surface area (Å²) in [7, 11) is 0. The highest BCUT2D eigenvalue weighted by molar-refractivity contribution is 8.01. The van der Waals surface area contributed by atoms with E-state index in [0.29, 0.717) is 22.8 Å². The minimum atomic E-state index is -0.448. The van der Waals surface area contributed by atoms with Gasteiger partial charge in [0.1, 0.15) is 5.76 Å². The maximum atomic E-state index is 12.1. The summed E-state index contributed by atoms with van der Waals surface area (Å²) in [6, 6.07) is 8.04. The lowest BCUT2D eigenvalue weighted by atomic mass is 10.2. The van der Waals surface area contributed by atoms with Gasteiger partial charge in [-0.05, 0) is 52.0 Å². The molecule has 2 N–H and O–H groups in total. The van der Waals surface area contributed by atoms with Crippen LogP contribution in [0.25, 0.3) is 0 Å². The van der Waals surface area contributed by atoms with E-state index >= 15 is 0 Å². The van der Waals surface area contributed by atoms with Gasteiger partial charge in [-0.25, -0.2) is 4.79 Å². The average Bonchev–Trinajstić information content (AvgIpc) is 3.04. The van der Waals surface area contributed by atoms with Gasteiger partial charge >= 0.3 is 5.97 Å². The monoisotopic (exact) mass is 405 g/mol. The smallest absolute Gasteiger partial charge is 0.338 e. The van der Waals surface area contributed by atoms with Crippen molar-refractivity contribution >= 4 is 41.1 Å². The predicted molar refractivity (Wildman–Crippen MR) is 107 cm³/mol. The second kappa shape index (κ2) is 9.93. The highest BCUT2D eigenvalue weighted by Gasteiger charge is 2.17. The number of thioether (sulfide) groups is 1. The summed E-state index contributed by atoms with van der Waals surface area (Å²) in [5, 5.41) is 8.60. The van der Waals surface area contributed by atoms with Gasteiger partial charge in [-0.3, -0.25) is 9.59 Å². The van der Waals surface area contributed by atoms with Crippen molar-refractivity contribution < 1.29 is 23.6 Å². The van der Waals surface area contributed by atoms with Crippen LogP contribution in [0.3, 0.4) is 0 Å². The molecule has 0 saturated carbocycles. The number of carbonyl (C=O) groups is 3. The predicted octanol–water partition coefficient (Wildman–Crippen LogP) is 3.25. The molecule has 0 aliphatic carbocycles. The second-order valence-corrected chi connectivity index (χ2v) is 7.67. The van der Waals surface area contributed by atoms with Crippen molar-refractivity contribution in [2.24, 2.45) is 0 Å². The average molecular weight is 405 g/mol. The molecule has 1 aromatic heterocycles. The number of nitrogens with one attached hydrogen (secondary N) is 2. The topological polar surface area (TPSA) is 111 Å². The van der Waals surface area contributed by atoms with Crippen molar-refractivity contribution in [3.8, 4) is 0 Å². The number of hydrogen-bond donors (Lipinski definition) is 2. The van der Waals surface area contributed by atoms with Crippen LogP contribution in [-0.4, -0.2) is 40.0 Å². The maximum absolute atomic E-state index is 12.1. The molecule has 0 radical (unpaired) electrons. The number of aryl methyl sites for hydroxylation is 1. The summed E-state index contributed by atoms with van der Waals surface area (Å²) < 4.78 is 10.00.